The van der Waals surface area contributed by atoms with Gasteiger partial charge in [-0.15, -0.1) is 0 Å². The SMILES string of the molecule is CCC(CC(N)=NO)NCc1cccc(C)n1. The lowest BCUT2D eigenvalue weighted by molar-refractivity contribution is 0.315. The number of rotatable bonds is 6. The van der Waals surface area contributed by atoms with Gasteiger partial charge < -0.3 is 16.3 Å². The molecule has 1 rings (SSSR count). The Hall–Kier alpha value is -1.62. The van der Waals surface area contributed by atoms with Crippen molar-refractivity contribution < 1.29 is 5.21 Å². The fourth-order valence-electron chi connectivity index (χ4n) is 1.60. The first-order chi connectivity index (χ1) is 8.15. The van der Waals surface area contributed by atoms with E-state index in [2.05, 4.69) is 22.4 Å². The van der Waals surface area contributed by atoms with E-state index in [-0.39, 0.29) is 11.9 Å². The van der Waals surface area contributed by atoms with Crippen LogP contribution >= 0.6 is 0 Å². The van der Waals surface area contributed by atoms with Gasteiger partial charge in [-0.3, -0.25) is 4.98 Å². The summed E-state index contributed by atoms with van der Waals surface area (Å²) in [5.41, 5.74) is 7.50. The molecule has 5 nitrogen and oxygen atoms in total. The highest BCUT2D eigenvalue weighted by Gasteiger charge is 2.08. The Balaban J connectivity index is 2.47. The summed E-state index contributed by atoms with van der Waals surface area (Å²) < 4.78 is 0. The summed E-state index contributed by atoms with van der Waals surface area (Å²) in [5, 5.41) is 14.9. The molecule has 0 saturated heterocycles. The summed E-state index contributed by atoms with van der Waals surface area (Å²) in [6.45, 7) is 4.72. The topological polar surface area (TPSA) is 83.5 Å². The molecule has 0 aliphatic heterocycles. The van der Waals surface area contributed by atoms with E-state index in [9.17, 15) is 0 Å². The van der Waals surface area contributed by atoms with Crippen LogP contribution in [0.3, 0.4) is 0 Å². The third-order valence-electron chi connectivity index (χ3n) is 2.59. The van der Waals surface area contributed by atoms with Crippen LogP contribution < -0.4 is 11.1 Å². The minimum atomic E-state index is 0.202. The van der Waals surface area contributed by atoms with Gasteiger partial charge in [0.1, 0.15) is 5.84 Å². The highest BCUT2D eigenvalue weighted by Crippen LogP contribution is 2.02. The zero-order valence-electron chi connectivity index (χ0n) is 10.3. The molecule has 1 heterocycles. The van der Waals surface area contributed by atoms with Crippen molar-refractivity contribution in [3.63, 3.8) is 0 Å². The minimum absolute atomic E-state index is 0.202. The van der Waals surface area contributed by atoms with Gasteiger partial charge in [0.05, 0.1) is 5.69 Å². The summed E-state index contributed by atoms with van der Waals surface area (Å²) in [6, 6.07) is 6.14. The zero-order chi connectivity index (χ0) is 12.7. The first kappa shape index (κ1) is 13.4. The molecule has 0 radical (unpaired) electrons. The number of nitrogens with two attached hydrogens (primary N) is 1. The fourth-order valence-corrected chi connectivity index (χ4v) is 1.60. The number of nitrogens with one attached hydrogen (secondary N) is 1. The molecule has 0 bridgehead atoms. The van der Waals surface area contributed by atoms with Gasteiger partial charge in [-0.25, -0.2) is 0 Å². The maximum Gasteiger partial charge on any atom is 0.140 e. The number of aryl methyl sites for hydroxylation is 1. The Morgan fingerprint density at radius 3 is 2.94 bits per heavy atom. The van der Waals surface area contributed by atoms with E-state index in [1.165, 1.54) is 0 Å². The molecule has 1 aromatic heterocycles. The van der Waals surface area contributed by atoms with Crippen molar-refractivity contribution in [1.82, 2.24) is 10.3 Å². The number of hydrogen-bond acceptors (Lipinski definition) is 4. The van der Waals surface area contributed by atoms with Crippen LogP contribution in [0.15, 0.2) is 23.4 Å². The Labute approximate surface area is 102 Å². The van der Waals surface area contributed by atoms with E-state index >= 15 is 0 Å². The maximum absolute atomic E-state index is 8.52. The maximum atomic E-state index is 8.52. The number of pyridine rings is 1. The van der Waals surface area contributed by atoms with Gasteiger partial charge in [-0.1, -0.05) is 18.1 Å². The molecule has 0 saturated carbocycles. The van der Waals surface area contributed by atoms with Crippen molar-refractivity contribution in [3.8, 4) is 0 Å². The van der Waals surface area contributed by atoms with Gasteiger partial charge in [0.25, 0.3) is 0 Å². The average Bonchev–Trinajstić information content (AvgIpc) is 2.34. The van der Waals surface area contributed by atoms with Crippen molar-refractivity contribution in [2.45, 2.75) is 39.3 Å². The molecule has 0 aromatic carbocycles. The number of nitrogens with zero attached hydrogens (tertiary/aromatic N) is 2. The van der Waals surface area contributed by atoms with Gasteiger partial charge in [0.2, 0.25) is 0 Å². The molecule has 0 fully saturated rings. The van der Waals surface area contributed by atoms with Crippen molar-refractivity contribution in [2.24, 2.45) is 10.9 Å². The van der Waals surface area contributed by atoms with Crippen LogP contribution in [0.25, 0.3) is 0 Å². The number of oxime groups is 1. The van der Waals surface area contributed by atoms with Crippen molar-refractivity contribution >= 4 is 5.84 Å². The highest BCUT2D eigenvalue weighted by molar-refractivity contribution is 5.80. The van der Waals surface area contributed by atoms with E-state index in [4.69, 9.17) is 10.9 Å². The van der Waals surface area contributed by atoms with E-state index < -0.39 is 0 Å². The second kappa shape index (κ2) is 6.85. The fraction of sp³-hybridized carbons (Fsp3) is 0.500. The van der Waals surface area contributed by atoms with Crippen molar-refractivity contribution in [3.05, 3.63) is 29.6 Å². The van der Waals surface area contributed by atoms with Crippen LogP contribution in [-0.4, -0.2) is 22.1 Å². The highest BCUT2D eigenvalue weighted by atomic mass is 16.4. The van der Waals surface area contributed by atoms with E-state index in [1.807, 2.05) is 25.1 Å². The van der Waals surface area contributed by atoms with Crippen LogP contribution in [0.5, 0.6) is 0 Å². The molecular formula is C12H20N4O. The van der Waals surface area contributed by atoms with Crippen LogP contribution in [0, 0.1) is 6.92 Å². The van der Waals surface area contributed by atoms with Crippen LogP contribution in [0.4, 0.5) is 0 Å². The Morgan fingerprint density at radius 2 is 2.35 bits per heavy atom. The monoisotopic (exact) mass is 236 g/mol. The average molecular weight is 236 g/mol. The smallest absolute Gasteiger partial charge is 0.140 e. The first-order valence-corrected chi connectivity index (χ1v) is 5.78. The Morgan fingerprint density at radius 1 is 1.59 bits per heavy atom. The molecule has 1 aromatic rings. The quantitative estimate of drug-likeness (QED) is 0.302. The molecule has 0 aliphatic rings. The summed E-state index contributed by atoms with van der Waals surface area (Å²) in [4.78, 5) is 4.41. The Kier molecular flexibility index (Phi) is 5.42. The van der Waals surface area contributed by atoms with Gasteiger partial charge >= 0.3 is 0 Å². The molecule has 0 spiro atoms. The lowest BCUT2D eigenvalue weighted by atomic mass is 10.1. The van der Waals surface area contributed by atoms with Crippen molar-refractivity contribution in [2.75, 3.05) is 0 Å². The number of aromatic nitrogens is 1. The third-order valence-corrected chi connectivity index (χ3v) is 2.59. The zero-order valence-corrected chi connectivity index (χ0v) is 10.3. The molecule has 94 valence electrons. The molecule has 0 aliphatic carbocycles. The standard InChI is InChI=1S/C12H20N4O/c1-3-10(7-12(13)16-17)14-8-11-6-4-5-9(2)15-11/h4-6,10,14,17H,3,7-8H2,1-2H3,(H2,13,16). The summed E-state index contributed by atoms with van der Waals surface area (Å²) in [7, 11) is 0. The van der Waals surface area contributed by atoms with Crippen LogP contribution in [-0.2, 0) is 6.54 Å². The van der Waals surface area contributed by atoms with E-state index in [1.54, 1.807) is 0 Å². The molecule has 0 amide bonds. The van der Waals surface area contributed by atoms with Gasteiger partial charge in [0, 0.05) is 24.7 Å². The molecule has 5 heteroatoms. The Bertz CT molecular complexity index is 379. The lowest BCUT2D eigenvalue weighted by Crippen LogP contribution is -2.33. The molecule has 1 unspecified atom stereocenters. The van der Waals surface area contributed by atoms with Gasteiger partial charge in [-0.05, 0) is 25.5 Å². The molecular weight excluding hydrogens is 216 g/mol. The third kappa shape index (κ3) is 4.82. The first-order valence-electron chi connectivity index (χ1n) is 5.78. The van der Waals surface area contributed by atoms with E-state index in [0.717, 1.165) is 17.8 Å². The van der Waals surface area contributed by atoms with Crippen molar-refractivity contribution in [1.29, 1.82) is 0 Å². The molecule has 4 N–H and O–H groups in total. The van der Waals surface area contributed by atoms with Gasteiger partial charge in [0.15, 0.2) is 0 Å². The summed E-state index contributed by atoms with van der Waals surface area (Å²) in [6.07, 6.45) is 1.46. The largest absolute Gasteiger partial charge is 0.409 e. The van der Waals surface area contributed by atoms with Crippen LogP contribution in [0.1, 0.15) is 31.2 Å². The summed E-state index contributed by atoms with van der Waals surface area (Å²) in [5.74, 6) is 0.251. The van der Waals surface area contributed by atoms with Crippen LogP contribution in [0.2, 0.25) is 0 Å². The second-order valence-electron chi connectivity index (χ2n) is 4.05. The normalized spacial score (nSPS) is 13.6. The van der Waals surface area contributed by atoms with E-state index in [0.29, 0.717) is 13.0 Å². The minimum Gasteiger partial charge on any atom is -0.409 e. The number of amidine groups is 1. The molecule has 17 heavy (non-hydrogen) atoms. The molecule has 1 atom stereocenters. The lowest BCUT2D eigenvalue weighted by Gasteiger charge is -2.15. The predicted octanol–water partition coefficient (Wildman–Crippen LogP) is 1.39. The summed E-state index contributed by atoms with van der Waals surface area (Å²) >= 11 is 0. The predicted molar refractivity (Wildman–Crippen MR) is 67.9 cm³/mol. The van der Waals surface area contributed by atoms with Gasteiger partial charge in [-0.2, -0.15) is 0 Å². The second-order valence-corrected chi connectivity index (χ2v) is 4.05. The number of hydrogen-bond donors (Lipinski definition) is 3.